The molecule has 2 N–H and O–H groups in total. The highest BCUT2D eigenvalue weighted by molar-refractivity contribution is 14.1. The van der Waals surface area contributed by atoms with Gasteiger partial charge < -0.3 is 0 Å². The van der Waals surface area contributed by atoms with Gasteiger partial charge >= 0.3 is 0 Å². The SMILES string of the molecule is NS(=O)(=O)c1cc(C(F)F)nc(I)c1Cl. The van der Waals surface area contributed by atoms with Gasteiger partial charge in [-0.3, -0.25) is 0 Å². The molecule has 1 rings (SSSR count). The number of hydrogen-bond acceptors (Lipinski definition) is 3. The Bertz CT molecular complexity index is 494. The van der Waals surface area contributed by atoms with Gasteiger partial charge in [0.25, 0.3) is 6.43 Å². The van der Waals surface area contributed by atoms with E-state index in [4.69, 9.17) is 16.7 Å². The third-order valence-corrected chi connectivity index (χ3v) is 3.96. The number of aromatic nitrogens is 1. The van der Waals surface area contributed by atoms with E-state index in [-0.39, 0.29) is 8.72 Å². The fourth-order valence-electron chi connectivity index (χ4n) is 0.813. The van der Waals surface area contributed by atoms with Gasteiger partial charge in [0.2, 0.25) is 10.0 Å². The summed E-state index contributed by atoms with van der Waals surface area (Å²) in [6.07, 6.45) is -2.88. The molecule has 84 valence electrons. The molecule has 0 spiro atoms. The van der Waals surface area contributed by atoms with Crippen LogP contribution in [-0.4, -0.2) is 13.4 Å². The lowest BCUT2D eigenvalue weighted by Crippen LogP contribution is -2.14. The molecule has 1 aromatic heterocycles. The average molecular weight is 369 g/mol. The van der Waals surface area contributed by atoms with E-state index in [1.807, 2.05) is 0 Å². The van der Waals surface area contributed by atoms with Gasteiger partial charge in [0, 0.05) is 0 Å². The summed E-state index contributed by atoms with van der Waals surface area (Å²) < 4.78 is 46.6. The Kier molecular flexibility index (Phi) is 3.85. The molecule has 0 atom stereocenters. The lowest BCUT2D eigenvalue weighted by Gasteiger charge is -2.06. The second-order valence-electron chi connectivity index (χ2n) is 2.50. The number of pyridine rings is 1. The van der Waals surface area contributed by atoms with E-state index in [0.29, 0.717) is 6.07 Å². The zero-order valence-electron chi connectivity index (χ0n) is 6.92. The minimum atomic E-state index is -4.12. The molecule has 0 amide bonds. The minimum Gasteiger partial charge on any atom is -0.239 e. The van der Waals surface area contributed by atoms with Crippen molar-refractivity contribution >= 4 is 44.2 Å². The van der Waals surface area contributed by atoms with Gasteiger partial charge in [-0.15, -0.1) is 0 Å². The Morgan fingerprint density at radius 1 is 1.53 bits per heavy atom. The number of alkyl halides is 2. The first-order chi connectivity index (χ1) is 6.73. The molecule has 1 aromatic rings. The Morgan fingerprint density at radius 2 is 2.07 bits per heavy atom. The van der Waals surface area contributed by atoms with E-state index in [2.05, 4.69) is 4.98 Å². The first kappa shape index (κ1) is 13.0. The summed E-state index contributed by atoms with van der Waals surface area (Å²) in [7, 11) is -4.12. The van der Waals surface area contributed by atoms with Gasteiger partial charge in [0.15, 0.2) is 0 Å². The zero-order valence-corrected chi connectivity index (χ0v) is 10.6. The quantitative estimate of drug-likeness (QED) is 0.640. The van der Waals surface area contributed by atoms with Crippen LogP contribution < -0.4 is 5.14 Å². The molecular weight excluding hydrogens is 364 g/mol. The van der Waals surface area contributed by atoms with Crippen molar-refractivity contribution in [1.29, 1.82) is 0 Å². The Morgan fingerprint density at radius 3 is 2.47 bits per heavy atom. The topological polar surface area (TPSA) is 73.1 Å². The van der Waals surface area contributed by atoms with Crippen LogP contribution in [0.1, 0.15) is 12.1 Å². The van der Waals surface area contributed by atoms with E-state index < -0.39 is 27.0 Å². The molecule has 0 saturated carbocycles. The van der Waals surface area contributed by atoms with Crippen molar-refractivity contribution in [1.82, 2.24) is 4.98 Å². The van der Waals surface area contributed by atoms with Gasteiger partial charge in [-0.05, 0) is 28.7 Å². The fourth-order valence-corrected chi connectivity index (χ4v) is 2.62. The first-order valence-electron chi connectivity index (χ1n) is 3.40. The molecule has 0 saturated heterocycles. The van der Waals surface area contributed by atoms with Crippen molar-refractivity contribution in [3.8, 4) is 0 Å². The molecule has 0 bridgehead atoms. The lowest BCUT2D eigenvalue weighted by atomic mass is 10.4. The Balaban J connectivity index is 3.52. The number of halogens is 4. The highest BCUT2D eigenvalue weighted by atomic mass is 127. The first-order valence-corrected chi connectivity index (χ1v) is 6.40. The molecule has 0 aliphatic rings. The van der Waals surface area contributed by atoms with Crippen molar-refractivity contribution in [2.24, 2.45) is 5.14 Å². The average Bonchev–Trinajstić information content (AvgIpc) is 2.06. The maximum atomic E-state index is 12.3. The predicted octanol–water partition coefficient (Wildman–Crippen LogP) is 1.92. The normalized spacial score (nSPS) is 12.1. The van der Waals surface area contributed by atoms with Gasteiger partial charge in [0.05, 0.1) is 5.02 Å². The van der Waals surface area contributed by atoms with Gasteiger partial charge in [-0.2, -0.15) is 0 Å². The molecule has 0 aliphatic heterocycles. The highest BCUT2D eigenvalue weighted by Crippen LogP contribution is 2.28. The lowest BCUT2D eigenvalue weighted by molar-refractivity contribution is 0.145. The summed E-state index contributed by atoms with van der Waals surface area (Å²) in [6, 6.07) is 0.671. The van der Waals surface area contributed by atoms with Crippen LogP contribution in [0.3, 0.4) is 0 Å². The van der Waals surface area contributed by atoms with Gasteiger partial charge in [0.1, 0.15) is 14.3 Å². The Hall–Kier alpha value is -0.0600. The van der Waals surface area contributed by atoms with Crippen LogP contribution in [0.5, 0.6) is 0 Å². The van der Waals surface area contributed by atoms with Crippen molar-refractivity contribution in [3.05, 3.63) is 20.5 Å². The number of rotatable bonds is 2. The molecule has 15 heavy (non-hydrogen) atoms. The third kappa shape index (κ3) is 2.95. The molecule has 1 heterocycles. The fraction of sp³-hybridized carbons (Fsp3) is 0.167. The Labute approximate surface area is 103 Å². The monoisotopic (exact) mass is 368 g/mol. The molecule has 0 aliphatic carbocycles. The van der Waals surface area contributed by atoms with Crippen molar-refractivity contribution in [2.45, 2.75) is 11.3 Å². The van der Waals surface area contributed by atoms with Crippen molar-refractivity contribution in [3.63, 3.8) is 0 Å². The number of nitrogens with two attached hydrogens (primary N) is 1. The molecular formula is C6H4ClF2IN2O2S. The summed E-state index contributed by atoms with van der Waals surface area (Å²) in [4.78, 5) is 2.89. The van der Waals surface area contributed by atoms with Crippen molar-refractivity contribution in [2.75, 3.05) is 0 Å². The smallest absolute Gasteiger partial charge is 0.239 e. The van der Waals surface area contributed by atoms with Gasteiger partial charge in [-0.25, -0.2) is 27.3 Å². The van der Waals surface area contributed by atoms with Crippen molar-refractivity contribution < 1.29 is 17.2 Å². The van der Waals surface area contributed by atoms with E-state index in [1.54, 1.807) is 22.6 Å². The predicted molar refractivity (Wildman–Crippen MR) is 58.3 cm³/mol. The maximum Gasteiger partial charge on any atom is 0.280 e. The number of sulfonamides is 1. The second-order valence-corrected chi connectivity index (χ2v) is 5.43. The van der Waals surface area contributed by atoms with Crippen LogP contribution in [0.4, 0.5) is 8.78 Å². The molecule has 0 aromatic carbocycles. The largest absolute Gasteiger partial charge is 0.280 e. The summed E-state index contributed by atoms with van der Waals surface area (Å²) in [5.74, 6) is 0. The molecule has 4 nitrogen and oxygen atoms in total. The standard InChI is InChI=1S/C6H4ClF2IN2O2S/c7-4-3(15(11,13)14)1-2(5(8)9)12-6(4)10/h1,5H,(H2,11,13,14). The van der Waals surface area contributed by atoms with Crippen LogP contribution >= 0.6 is 34.2 Å². The maximum absolute atomic E-state index is 12.3. The van der Waals surface area contributed by atoms with E-state index in [1.165, 1.54) is 0 Å². The second kappa shape index (κ2) is 4.44. The molecule has 0 radical (unpaired) electrons. The van der Waals surface area contributed by atoms with Crippen LogP contribution in [-0.2, 0) is 10.0 Å². The minimum absolute atomic E-state index is 0.0314. The molecule has 0 fully saturated rings. The third-order valence-electron chi connectivity index (χ3n) is 1.43. The van der Waals surface area contributed by atoms with Gasteiger partial charge in [-0.1, -0.05) is 11.6 Å². The van der Waals surface area contributed by atoms with E-state index >= 15 is 0 Å². The summed E-state index contributed by atoms with van der Waals surface area (Å²) in [5, 5.41) is 4.56. The van der Waals surface area contributed by atoms with Crippen LogP contribution in [0.15, 0.2) is 11.0 Å². The highest BCUT2D eigenvalue weighted by Gasteiger charge is 2.21. The molecule has 0 unspecified atom stereocenters. The molecule has 9 heteroatoms. The zero-order chi connectivity index (χ0) is 11.8. The van der Waals surface area contributed by atoms with E-state index in [9.17, 15) is 17.2 Å². The number of primary sulfonamides is 1. The number of nitrogens with zero attached hydrogens (tertiary/aromatic N) is 1. The van der Waals surface area contributed by atoms with Crippen LogP contribution in [0.25, 0.3) is 0 Å². The summed E-state index contributed by atoms with van der Waals surface area (Å²) in [5.41, 5.74) is -0.673. The number of hydrogen-bond donors (Lipinski definition) is 1. The van der Waals surface area contributed by atoms with Crippen LogP contribution in [0.2, 0.25) is 5.02 Å². The van der Waals surface area contributed by atoms with Crippen LogP contribution in [0, 0.1) is 3.70 Å². The van der Waals surface area contributed by atoms with E-state index in [0.717, 1.165) is 0 Å². The summed E-state index contributed by atoms with van der Waals surface area (Å²) >= 11 is 7.13. The summed E-state index contributed by atoms with van der Waals surface area (Å²) in [6.45, 7) is 0.